The van der Waals surface area contributed by atoms with E-state index >= 15 is 0 Å². The Bertz CT molecular complexity index is 480. The average molecular weight is 523 g/mol. The molecule has 120 valence electrons. The van der Waals surface area contributed by atoms with Gasteiger partial charge in [-0.05, 0) is 26.2 Å². The Labute approximate surface area is 154 Å². The zero-order chi connectivity index (χ0) is 15.7. The summed E-state index contributed by atoms with van der Waals surface area (Å²) in [6, 6.07) is 3.98. The van der Waals surface area contributed by atoms with Gasteiger partial charge in [-0.15, -0.1) is 0 Å². The Balaban J connectivity index is 0.00000441. The molecule has 0 aliphatic carbocycles. The van der Waals surface area contributed by atoms with Gasteiger partial charge < -0.3 is 20.0 Å². The van der Waals surface area contributed by atoms with Crippen LogP contribution in [0.1, 0.15) is 11.5 Å². The van der Waals surface area contributed by atoms with Gasteiger partial charge in [-0.25, -0.2) is 0 Å². The van der Waals surface area contributed by atoms with Crippen molar-refractivity contribution in [3.8, 4) is 0 Å². The molecule has 2 radical (unpaired) electrons. The molecule has 1 aromatic rings. The van der Waals surface area contributed by atoms with E-state index in [0.29, 0.717) is 12.4 Å². The van der Waals surface area contributed by atoms with Crippen molar-refractivity contribution < 1.29 is 9.34 Å². The molecule has 2 N–H and O–H groups in total. The van der Waals surface area contributed by atoms with Crippen molar-refractivity contribution >= 4 is 38.0 Å². The SMILES string of the molecule is CN/C(=C/[N+](=O)[O-])NCCSCc1ccc(CN(C)C)o1.[Bi+3]. The fraction of sp³-hybridized carbons (Fsp3) is 0.538. The molecule has 0 fully saturated rings. The molecule has 0 atom stereocenters. The second-order valence-corrected chi connectivity index (χ2v) is 5.77. The van der Waals surface area contributed by atoms with Gasteiger partial charge in [0, 0.05) is 19.3 Å². The van der Waals surface area contributed by atoms with E-state index in [-0.39, 0.29) is 26.2 Å². The van der Waals surface area contributed by atoms with Gasteiger partial charge in [0.2, 0.25) is 0 Å². The molecule has 1 aromatic heterocycles. The Kier molecular flexibility index (Phi) is 11.3. The largest absolute Gasteiger partial charge is 3.00 e. The van der Waals surface area contributed by atoms with Crippen molar-refractivity contribution in [1.82, 2.24) is 15.5 Å². The van der Waals surface area contributed by atoms with Gasteiger partial charge in [-0.3, -0.25) is 10.1 Å². The van der Waals surface area contributed by atoms with Crippen LogP contribution in [-0.4, -0.2) is 69.5 Å². The Morgan fingerprint density at radius 3 is 2.73 bits per heavy atom. The normalized spacial score (nSPS) is 11.2. The number of hydrogen-bond acceptors (Lipinski definition) is 7. The molecule has 0 amide bonds. The number of nitrogens with one attached hydrogen (secondary N) is 2. The third-order valence-corrected chi connectivity index (χ3v) is 3.48. The van der Waals surface area contributed by atoms with E-state index < -0.39 is 4.92 Å². The minimum Gasteiger partial charge on any atom is -0.464 e. The molecule has 0 aliphatic heterocycles. The van der Waals surface area contributed by atoms with Crippen molar-refractivity contribution in [3.63, 3.8) is 0 Å². The van der Waals surface area contributed by atoms with Crippen LogP contribution >= 0.6 is 11.8 Å². The summed E-state index contributed by atoms with van der Waals surface area (Å²) in [5.74, 6) is 3.95. The Morgan fingerprint density at radius 1 is 1.45 bits per heavy atom. The van der Waals surface area contributed by atoms with Crippen LogP contribution in [0.25, 0.3) is 0 Å². The number of rotatable bonds is 10. The molecule has 9 heteroatoms. The van der Waals surface area contributed by atoms with E-state index in [1.165, 1.54) is 0 Å². The van der Waals surface area contributed by atoms with Crippen molar-refractivity contribution in [2.45, 2.75) is 12.3 Å². The first-order chi connectivity index (χ1) is 10.0. The first-order valence-electron chi connectivity index (χ1n) is 6.58. The number of hydrogen-bond donors (Lipinski definition) is 2. The van der Waals surface area contributed by atoms with Gasteiger partial charge in [0.05, 0.1) is 17.2 Å². The standard InChI is InChI=1S/C13H22N4O3S.Bi/c1-14-13(9-17(18)19)15-6-7-21-10-12-5-4-11(20-12)8-16(2)3;/h4-5,9,14-15H,6-8,10H2,1-3H3;/q;+3/b13-9-;. The molecule has 0 unspecified atom stereocenters. The second-order valence-electron chi connectivity index (χ2n) is 4.66. The number of nitro groups is 1. The summed E-state index contributed by atoms with van der Waals surface area (Å²) >= 11 is 1.72. The summed E-state index contributed by atoms with van der Waals surface area (Å²) in [4.78, 5) is 11.9. The summed E-state index contributed by atoms with van der Waals surface area (Å²) < 4.78 is 5.70. The van der Waals surface area contributed by atoms with Gasteiger partial charge in [-0.2, -0.15) is 11.8 Å². The molecular weight excluding hydrogens is 501 g/mol. The molecule has 22 heavy (non-hydrogen) atoms. The van der Waals surface area contributed by atoms with Gasteiger partial charge in [-0.1, -0.05) is 0 Å². The van der Waals surface area contributed by atoms with Gasteiger partial charge in [0.1, 0.15) is 11.5 Å². The first kappa shape index (κ1) is 21.2. The van der Waals surface area contributed by atoms with Crippen LogP contribution in [0.2, 0.25) is 0 Å². The minimum atomic E-state index is -0.485. The van der Waals surface area contributed by atoms with Gasteiger partial charge in [0.25, 0.3) is 6.20 Å². The van der Waals surface area contributed by atoms with E-state index in [4.69, 9.17) is 4.42 Å². The van der Waals surface area contributed by atoms with Crippen LogP contribution in [0.5, 0.6) is 0 Å². The van der Waals surface area contributed by atoms with Crippen molar-refractivity contribution in [2.24, 2.45) is 0 Å². The molecule has 0 aliphatic rings. The van der Waals surface area contributed by atoms with E-state index in [1.807, 2.05) is 26.2 Å². The van der Waals surface area contributed by atoms with E-state index in [2.05, 4.69) is 15.5 Å². The number of furan rings is 1. The summed E-state index contributed by atoms with van der Waals surface area (Å²) in [5.41, 5.74) is 0. The minimum absolute atomic E-state index is 0. The zero-order valence-corrected chi connectivity index (χ0v) is 17.3. The van der Waals surface area contributed by atoms with Gasteiger partial charge in [0.15, 0.2) is 5.82 Å². The van der Waals surface area contributed by atoms with Crippen LogP contribution in [0, 0.1) is 10.1 Å². The Morgan fingerprint density at radius 2 is 2.14 bits per heavy atom. The van der Waals surface area contributed by atoms with E-state index in [1.54, 1.807) is 18.8 Å². The molecule has 0 bridgehead atoms. The van der Waals surface area contributed by atoms with Crippen LogP contribution in [0.15, 0.2) is 28.6 Å². The maximum Gasteiger partial charge on any atom is 3.00 e. The molecule has 1 rings (SSSR count). The molecule has 1 heterocycles. The smallest absolute Gasteiger partial charge is 0.464 e. The molecule has 7 nitrogen and oxygen atoms in total. The number of thioether (sulfide) groups is 1. The van der Waals surface area contributed by atoms with Crippen molar-refractivity contribution in [2.75, 3.05) is 33.4 Å². The fourth-order valence-electron chi connectivity index (χ4n) is 1.63. The monoisotopic (exact) mass is 523 g/mol. The molecule has 0 aromatic carbocycles. The second kappa shape index (κ2) is 11.7. The zero-order valence-electron chi connectivity index (χ0n) is 13.0. The molecule has 0 saturated carbocycles. The van der Waals surface area contributed by atoms with Crippen LogP contribution in [0.4, 0.5) is 0 Å². The maximum absolute atomic E-state index is 10.3. The summed E-state index contributed by atoms with van der Waals surface area (Å²) in [5, 5.41) is 16.1. The van der Waals surface area contributed by atoms with E-state index in [9.17, 15) is 10.1 Å². The summed E-state index contributed by atoms with van der Waals surface area (Å²) in [7, 11) is 5.64. The summed E-state index contributed by atoms with van der Waals surface area (Å²) in [6.45, 7) is 1.44. The topological polar surface area (TPSA) is 83.6 Å². The van der Waals surface area contributed by atoms with Crippen molar-refractivity contribution in [1.29, 1.82) is 0 Å². The van der Waals surface area contributed by atoms with Crippen LogP contribution in [-0.2, 0) is 12.3 Å². The maximum atomic E-state index is 10.3. The average Bonchev–Trinajstić information content (AvgIpc) is 2.83. The predicted molar refractivity (Wildman–Crippen MR) is 90.2 cm³/mol. The van der Waals surface area contributed by atoms with E-state index in [0.717, 1.165) is 35.8 Å². The number of nitrogens with zero attached hydrogens (tertiary/aromatic N) is 2. The third kappa shape index (κ3) is 9.28. The fourth-order valence-corrected chi connectivity index (χ4v) is 2.38. The van der Waals surface area contributed by atoms with Crippen molar-refractivity contribution in [3.05, 3.63) is 45.8 Å². The quantitative estimate of drug-likeness (QED) is 0.206. The third-order valence-electron chi connectivity index (χ3n) is 2.50. The van der Waals surface area contributed by atoms with Crippen LogP contribution in [0.3, 0.4) is 0 Å². The van der Waals surface area contributed by atoms with Crippen LogP contribution < -0.4 is 10.6 Å². The molecule has 0 saturated heterocycles. The van der Waals surface area contributed by atoms with Gasteiger partial charge >= 0.3 is 26.2 Å². The molecule has 0 spiro atoms. The predicted octanol–water partition coefficient (Wildman–Crippen LogP) is 1.08. The Hall–Kier alpha value is -0.787. The first-order valence-corrected chi connectivity index (χ1v) is 7.73. The molecular formula is C13H22BiN4O3S+3. The summed E-state index contributed by atoms with van der Waals surface area (Å²) in [6.07, 6.45) is 0.921.